The molecule has 0 N–H and O–H groups in total. The molecule has 1 aliphatic heterocycles. The molecular weight excluding hydrogens is 419 g/mol. The number of aryl methyl sites for hydroxylation is 1. The van der Waals surface area contributed by atoms with Crippen LogP contribution in [0.15, 0.2) is 42.5 Å². The topological polar surface area (TPSA) is 57.7 Å². The highest BCUT2D eigenvalue weighted by Gasteiger charge is 2.26. The highest BCUT2D eigenvalue weighted by atomic mass is 35.5. The molecule has 0 bridgehead atoms. The van der Waals surface area contributed by atoms with Crippen molar-refractivity contribution in [1.29, 1.82) is 0 Å². The van der Waals surface area contributed by atoms with E-state index in [-0.39, 0.29) is 41.0 Å². The quantitative estimate of drug-likeness (QED) is 0.595. The van der Waals surface area contributed by atoms with Crippen LogP contribution in [0, 0.1) is 5.82 Å². The Bertz CT molecular complexity index is 954. The van der Waals surface area contributed by atoms with Crippen molar-refractivity contribution < 1.29 is 18.8 Å². The summed E-state index contributed by atoms with van der Waals surface area (Å²) < 4.78 is 13.2. The van der Waals surface area contributed by atoms with Crippen LogP contribution in [0.5, 0.6) is 0 Å². The van der Waals surface area contributed by atoms with Crippen molar-refractivity contribution in [3.8, 4) is 0 Å². The van der Waals surface area contributed by atoms with Gasteiger partial charge < -0.3 is 9.80 Å². The molecule has 31 heavy (non-hydrogen) atoms. The third-order valence-electron chi connectivity index (χ3n) is 5.46. The fraction of sp³-hybridized carbons (Fsp3) is 0.375. The van der Waals surface area contributed by atoms with Crippen LogP contribution >= 0.6 is 11.6 Å². The Kier molecular flexibility index (Phi) is 7.80. The zero-order valence-corrected chi connectivity index (χ0v) is 18.3. The molecule has 2 aromatic carbocycles. The van der Waals surface area contributed by atoms with Crippen molar-refractivity contribution in [3.05, 3.63) is 70.0 Å². The minimum atomic E-state index is -0.497. The molecule has 3 rings (SSSR count). The van der Waals surface area contributed by atoms with Gasteiger partial charge >= 0.3 is 0 Å². The molecule has 0 radical (unpaired) electrons. The minimum Gasteiger partial charge on any atom is -0.339 e. The first-order chi connectivity index (χ1) is 14.9. The van der Waals surface area contributed by atoms with Gasteiger partial charge in [0.15, 0.2) is 5.78 Å². The number of ketones is 1. The van der Waals surface area contributed by atoms with Crippen LogP contribution in [0.4, 0.5) is 4.39 Å². The van der Waals surface area contributed by atoms with Crippen molar-refractivity contribution in [1.82, 2.24) is 9.80 Å². The summed E-state index contributed by atoms with van der Waals surface area (Å²) in [5, 5.41) is 0.0738. The van der Waals surface area contributed by atoms with E-state index in [4.69, 9.17) is 11.6 Å². The molecule has 1 aliphatic rings. The van der Waals surface area contributed by atoms with Crippen LogP contribution in [0.2, 0.25) is 5.02 Å². The van der Waals surface area contributed by atoms with E-state index in [1.807, 2.05) is 24.3 Å². The first kappa shape index (κ1) is 22.9. The van der Waals surface area contributed by atoms with E-state index in [1.54, 1.807) is 9.80 Å². The fourth-order valence-electron chi connectivity index (χ4n) is 3.66. The number of hydrogen-bond donors (Lipinski definition) is 0. The fourth-order valence-corrected chi connectivity index (χ4v) is 3.91. The summed E-state index contributed by atoms with van der Waals surface area (Å²) in [5.74, 6) is -0.916. The molecule has 1 saturated heterocycles. The number of amides is 2. The van der Waals surface area contributed by atoms with Gasteiger partial charge in [-0.1, -0.05) is 49.2 Å². The lowest BCUT2D eigenvalue weighted by Gasteiger charge is -2.35. The Morgan fingerprint density at radius 1 is 0.935 bits per heavy atom. The Hall–Kier alpha value is -2.73. The molecule has 0 unspecified atom stereocenters. The van der Waals surface area contributed by atoms with Gasteiger partial charge in [-0.3, -0.25) is 14.4 Å². The van der Waals surface area contributed by atoms with Gasteiger partial charge in [0.05, 0.1) is 10.6 Å². The van der Waals surface area contributed by atoms with Gasteiger partial charge in [0.2, 0.25) is 5.91 Å². The van der Waals surface area contributed by atoms with Crippen LogP contribution in [0.1, 0.15) is 52.5 Å². The summed E-state index contributed by atoms with van der Waals surface area (Å²) in [5.41, 5.74) is 2.07. The third kappa shape index (κ3) is 5.91. The summed E-state index contributed by atoms with van der Waals surface area (Å²) in [6, 6.07) is 11.3. The normalized spacial score (nSPS) is 13.9. The summed E-state index contributed by atoms with van der Waals surface area (Å²) in [4.78, 5) is 40.8. The molecule has 1 heterocycles. The molecule has 0 spiro atoms. The lowest BCUT2D eigenvalue weighted by atomic mass is 10.0. The third-order valence-corrected chi connectivity index (χ3v) is 5.77. The molecule has 0 aromatic heterocycles. The first-order valence-electron chi connectivity index (χ1n) is 10.5. The number of nitrogens with zero attached hydrogens (tertiary/aromatic N) is 2. The average Bonchev–Trinajstić information content (AvgIpc) is 2.77. The molecule has 2 aromatic rings. The molecule has 5 nitrogen and oxygen atoms in total. The number of carbonyl (C=O) groups is 3. The van der Waals surface area contributed by atoms with Crippen molar-refractivity contribution in [3.63, 3.8) is 0 Å². The van der Waals surface area contributed by atoms with Gasteiger partial charge in [-0.05, 0) is 30.2 Å². The van der Waals surface area contributed by atoms with E-state index in [0.29, 0.717) is 31.7 Å². The second-order valence-corrected chi connectivity index (χ2v) is 8.07. The van der Waals surface area contributed by atoms with E-state index in [0.717, 1.165) is 18.9 Å². The number of rotatable bonds is 7. The SMILES string of the molecule is CCCc1ccc(C(=O)CCC(=O)N2CCN(C(=O)c3ccc(F)cc3Cl)CC2)cc1. The highest BCUT2D eigenvalue weighted by Crippen LogP contribution is 2.20. The summed E-state index contributed by atoms with van der Waals surface area (Å²) in [7, 11) is 0. The summed E-state index contributed by atoms with van der Waals surface area (Å²) >= 11 is 5.98. The Labute approximate surface area is 186 Å². The number of benzene rings is 2. The smallest absolute Gasteiger partial charge is 0.255 e. The standard InChI is InChI=1S/C24H26ClFN2O3/c1-2-3-17-4-6-18(7-5-17)22(29)10-11-23(30)27-12-14-28(15-13-27)24(31)20-9-8-19(26)16-21(20)25/h4-9,16H,2-3,10-15H2,1H3. The average molecular weight is 445 g/mol. The van der Waals surface area contributed by atoms with E-state index in [2.05, 4.69) is 6.92 Å². The molecule has 2 amide bonds. The lowest BCUT2D eigenvalue weighted by Crippen LogP contribution is -2.50. The molecule has 7 heteroatoms. The Balaban J connectivity index is 1.47. The first-order valence-corrected chi connectivity index (χ1v) is 10.9. The van der Waals surface area contributed by atoms with Gasteiger partial charge in [0, 0.05) is 44.6 Å². The maximum atomic E-state index is 13.2. The Morgan fingerprint density at radius 2 is 1.58 bits per heavy atom. The van der Waals surface area contributed by atoms with Gasteiger partial charge in [-0.15, -0.1) is 0 Å². The van der Waals surface area contributed by atoms with Gasteiger partial charge in [0.25, 0.3) is 5.91 Å². The molecule has 164 valence electrons. The van der Waals surface area contributed by atoms with Crippen molar-refractivity contribution in [2.45, 2.75) is 32.6 Å². The number of piperazine rings is 1. The van der Waals surface area contributed by atoms with E-state index >= 15 is 0 Å². The number of carbonyl (C=O) groups excluding carboxylic acids is 3. The van der Waals surface area contributed by atoms with Crippen LogP contribution in [-0.4, -0.2) is 53.6 Å². The van der Waals surface area contributed by atoms with Crippen LogP contribution < -0.4 is 0 Å². The van der Waals surface area contributed by atoms with E-state index < -0.39 is 5.82 Å². The van der Waals surface area contributed by atoms with Crippen LogP contribution in [-0.2, 0) is 11.2 Å². The monoisotopic (exact) mass is 444 g/mol. The van der Waals surface area contributed by atoms with Crippen molar-refractivity contribution >= 4 is 29.2 Å². The maximum absolute atomic E-state index is 13.2. The molecule has 0 saturated carbocycles. The maximum Gasteiger partial charge on any atom is 0.255 e. The highest BCUT2D eigenvalue weighted by molar-refractivity contribution is 6.33. The molecule has 1 fully saturated rings. The minimum absolute atomic E-state index is 0.0452. The number of hydrogen-bond acceptors (Lipinski definition) is 3. The number of halogens is 2. The zero-order valence-electron chi connectivity index (χ0n) is 17.6. The van der Waals surface area contributed by atoms with Gasteiger partial charge in [-0.25, -0.2) is 4.39 Å². The second-order valence-electron chi connectivity index (χ2n) is 7.67. The Morgan fingerprint density at radius 3 is 2.19 bits per heavy atom. The van der Waals surface area contributed by atoms with Gasteiger partial charge in [0.1, 0.15) is 5.82 Å². The lowest BCUT2D eigenvalue weighted by molar-refractivity contribution is -0.132. The summed E-state index contributed by atoms with van der Waals surface area (Å²) in [6.07, 6.45) is 2.34. The molecule has 0 aliphatic carbocycles. The van der Waals surface area contributed by atoms with Crippen LogP contribution in [0.25, 0.3) is 0 Å². The van der Waals surface area contributed by atoms with Crippen molar-refractivity contribution in [2.24, 2.45) is 0 Å². The predicted molar refractivity (Wildman–Crippen MR) is 118 cm³/mol. The molecular formula is C24H26ClFN2O3. The molecule has 0 atom stereocenters. The van der Waals surface area contributed by atoms with Crippen LogP contribution in [0.3, 0.4) is 0 Å². The van der Waals surface area contributed by atoms with Gasteiger partial charge in [-0.2, -0.15) is 0 Å². The predicted octanol–water partition coefficient (Wildman–Crippen LogP) is 4.38. The largest absolute Gasteiger partial charge is 0.339 e. The van der Waals surface area contributed by atoms with Crippen molar-refractivity contribution in [2.75, 3.05) is 26.2 Å². The number of Topliss-reactive ketones (excluding diaryl/α,β-unsaturated/α-hetero) is 1. The van der Waals surface area contributed by atoms with E-state index in [9.17, 15) is 18.8 Å². The van der Waals surface area contributed by atoms with E-state index in [1.165, 1.54) is 17.7 Å². The summed E-state index contributed by atoms with van der Waals surface area (Å²) in [6.45, 7) is 3.63. The zero-order chi connectivity index (χ0) is 22.4. The second kappa shape index (κ2) is 10.5.